The minimum Gasteiger partial charge on any atom is -0.372 e. The Morgan fingerprint density at radius 3 is 2.76 bits per heavy atom. The van der Waals surface area contributed by atoms with Gasteiger partial charge in [0.25, 0.3) is 5.91 Å². The molecular formula is C15H23N3O3. The maximum absolute atomic E-state index is 12.0. The molecule has 1 aromatic carbocycles. The molecule has 6 heteroatoms. The molecule has 0 aliphatic heterocycles. The fraction of sp³-hybridized carbons (Fsp3) is 0.467. The Bertz CT molecular complexity index is 463. The standard InChI is InChI=1S/C15H23N3O3/c1-2-3-10-21-11-14(19)18-13-7-5-4-6-12(13)15(20)17-9-8-16/h4-7H,2-3,8-11,16H2,1H3,(H,17,20)(H,18,19). The molecule has 0 heterocycles. The fourth-order valence-electron chi connectivity index (χ4n) is 1.67. The van der Waals surface area contributed by atoms with Gasteiger partial charge in [-0.05, 0) is 18.6 Å². The second kappa shape index (κ2) is 9.90. The molecule has 0 bridgehead atoms. The number of nitrogens with one attached hydrogen (secondary N) is 2. The van der Waals surface area contributed by atoms with Crippen LogP contribution >= 0.6 is 0 Å². The summed E-state index contributed by atoms with van der Waals surface area (Å²) in [5.41, 5.74) is 6.23. The number of ether oxygens (including phenoxy) is 1. The van der Waals surface area contributed by atoms with E-state index in [4.69, 9.17) is 10.5 Å². The summed E-state index contributed by atoms with van der Waals surface area (Å²) < 4.78 is 5.24. The van der Waals surface area contributed by atoms with Crippen molar-refractivity contribution in [2.75, 3.05) is 31.6 Å². The highest BCUT2D eigenvalue weighted by Crippen LogP contribution is 2.14. The second-order valence-corrected chi connectivity index (χ2v) is 4.54. The first-order valence-corrected chi connectivity index (χ1v) is 7.14. The van der Waals surface area contributed by atoms with Crippen LogP contribution in [0.4, 0.5) is 5.69 Å². The van der Waals surface area contributed by atoms with Crippen LogP contribution in [0.5, 0.6) is 0 Å². The van der Waals surface area contributed by atoms with Crippen LogP contribution < -0.4 is 16.4 Å². The SMILES string of the molecule is CCCCOCC(=O)Nc1ccccc1C(=O)NCCN. The molecule has 6 nitrogen and oxygen atoms in total. The van der Waals surface area contributed by atoms with Crippen molar-refractivity contribution < 1.29 is 14.3 Å². The molecule has 0 aliphatic rings. The van der Waals surface area contributed by atoms with Crippen molar-refractivity contribution in [1.29, 1.82) is 0 Å². The van der Waals surface area contributed by atoms with E-state index in [0.717, 1.165) is 12.8 Å². The van der Waals surface area contributed by atoms with E-state index in [0.29, 0.717) is 30.9 Å². The van der Waals surface area contributed by atoms with Gasteiger partial charge in [-0.25, -0.2) is 0 Å². The molecule has 0 spiro atoms. The zero-order chi connectivity index (χ0) is 15.5. The van der Waals surface area contributed by atoms with Crippen molar-refractivity contribution in [2.45, 2.75) is 19.8 Å². The number of nitrogens with two attached hydrogens (primary N) is 1. The number of hydrogen-bond donors (Lipinski definition) is 3. The van der Waals surface area contributed by atoms with Crippen LogP contribution in [0.25, 0.3) is 0 Å². The van der Waals surface area contributed by atoms with Gasteiger partial charge in [0.1, 0.15) is 6.61 Å². The summed E-state index contributed by atoms with van der Waals surface area (Å²) >= 11 is 0. The van der Waals surface area contributed by atoms with E-state index in [1.54, 1.807) is 24.3 Å². The maximum atomic E-state index is 12.0. The maximum Gasteiger partial charge on any atom is 0.253 e. The molecule has 0 saturated carbocycles. The summed E-state index contributed by atoms with van der Waals surface area (Å²) in [6, 6.07) is 6.83. The Morgan fingerprint density at radius 2 is 2.05 bits per heavy atom. The number of hydrogen-bond acceptors (Lipinski definition) is 4. The topological polar surface area (TPSA) is 93.4 Å². The van der Waals surface area contributed by atoms with Gasteiger partial charge in [-0.1, -0.05) is 25.5 Å². The number of carbonyl (C=O) groups is 2. The number of para-hydroxylation sites is 1. The third-order valence-corrected chi connectivity index (χ3v) is 2.75. The van der Waals surface area contributed by atoms with Gasteiger partial charge in [-0.3, -0.25) is 9.59 Å². The number of rotatable bonds is 9. The van der Waals surface area contributed by atoms with Crippen LogP contribution in [0.15, 0.2) is 24.3 Å². The van der Waals surface area contributed by atoms with E-state index < -0.39 is 0 Å². The largest absolute Gasteiger partial charge is 0.372 e. The average molecular weight is 293 g/mol. The lowest BCUT2D eigenvalue weighted by molar-refractivity contribution is -0.120. The molecule has 0 radical (unpaired) electrons. The molecule has 116 valence electrons. The summed E-state index contributed by atoms with van der Waals surface area (Å²) in [6.07, 6.45) is 1.94. The molecule has 0 aliphatic carbocycles. The molecule has 0 aromatic heterocycles. The lowest BCUT2D eigenvalue weighted by atomic mass is 10.1. The molecule has 4 N–H and O–H groups in total. The first-order valence-electron chi connectivity index (χ1n) is 7.14. The van der Waals surface area contributed by atoms with Crippen LogP contribution in [0.1, 0.15) is 30.1 Å². The number of anilines is 1. The van der Waals surface area contributed by atoms with E-state index >= 15 is 0 Å². The Hall–Kier alpha value is -1.92. The summed E-state index contributed by atoms with van der Waals surface area (Å²) in [7, 11) is 0. The summed E-state index contributed by atoms with van der Waals surface area (Å²) in [6.45, 7) is 3.35. The lowest BCUT2D eigenvalue weighted by Crippen LogP contribution is -2.30. The molecule has 0 atom stereocenters. The fourth-order valence-corrected chi connectivity index (χ4v) is 1.67. The van der Waals surface area contributed by atoms with Gasteiger partial charge >= 0.3 is 0 Å². The van der Waals surface area contributed by atoms with Gasteiger partial charge in [-0.15, -0.1) is 0 Å². The Balaban J connectivity index is 2.58. The highest BCUT2D eigenvalue weighted by molar-refractivity contribution is 6.03. The molecule has 1 aromatic rings. The third-order valence-electron chi connectivity index (χ3n) is 2.75. The predicted octanol–water partition coefficient (Wildman–Crippen LogP) is 1.13. The van der Waals surface area contributed by atoms with Crippen LogP contribution in [-0.2, 0) is 9.53 Å². The minimum atomic E-state index is -0.273. The van der Waals surface area contributed by atoms with Gasteiger partial charge in [0.05, 0.1) is 11.3 Å². The van der Waals surface area contributed by atoms with Crippen molar-refractivity contribution >= 4 is 17.5 Å². The molecule has 0 unspecified atom stereocenters. The van der Waals surface area contributed by atoms with Crippen molar-refractivity contribution in [3.05, 3.63) is 29.8 Å². The summed E-state index contributed by atoms with van der Waals surface area (Å²) in [4.78, 5) is 23.7. The first-order chi connectivity index (χ1) is 10.2. The number of amides is 2. The van der Waals surface area contributed by atoms with E-state index in [2.05, 4.69) is 17.6 Å². The molecule has 0 fully saturated rings. The summed E-state index contributed by atoms with van der Waals surface area (Å²) in [5, 5.41) is 5.36. The number of carbonyl (C=O) groups excluding carboxylic acids is 2. The second-order valence-electron chi connectivity index (χ2n) is 4.54. The van der Waals surface area contributed by atoms with Crippen LogP contribution in [-0.4, -0.2) is 38.1 Å². The van der Waals surface area contributed by atoms with E-state index in [9.17, 15) is 9.59 Å². The average Bonchev–Trinajstić information content (AvgIpc) is 2.50. The van der Waals surface area contributed by atoms with Gasteiger partial charge in [0, 0.05) is 19.7 Å². The zero-order valence-corrected chi connectivity index (χ0v) is 12.4. The molecule has 0 saturated heterocycles. The molecule has 1 rings (SSSR count). The zero-order valence-electron chi connectivity index (χ0n) is 12.4. The smallest absolute Gasteiger partial charge is 0.253 e. The predicted molar refractivity (Wildman–Crippen MR) is 82.2 cm³/mol. The van der Waals surface area contributed by atoms with Gasteiger partial charge in [-0.2, -0.15) is 0 Å². The van der Waals surface area contributed by atoms with Crippen molar-refractivity contribution in [2.24, 2.45) is 5.73 Å². The Labute approximate surface area is 125 Å². The van der Waals surface area contributed by atoms with Crippen LogP contribution in [0, 0.1) is 0 Å². The number of unbranched alkanes of at least 4 members (excludes halogenated alkanes) is 1. The van der Waals surface area contributed by atoms with Gasteiger partial charge < -0.3 is 21.1 Å². The quantitative estimate of drug-likeness (QED) is 0.595. The molecular weight excluding hydrogens is 270 g/mol. The molecule has 2 amide bonds. The van der Waals surface area contributed by atoms with Crippen LogP contribution in [0.2, 0.25) is 0 Å². The van der Waals surface area contributed by atoms with E-state index in [-0.39, 0.29) is 18.4 Å². The van der Waals surface area contributed by atoms with Crippen molar-refractivity contribution in [3.63, 3.8) is 0 Å². The summed E-state index contributed by atoms with van der Waals surface area (Å²) in [5.74, 6) is -0.534. The van der Waals surface area contributed by atoms with Gasteiger partial charge in [0.15, 0.2) is 0 Å². The van der Waals surface area contributed by atoms with E-state index in [1.807, 2.05) is 0 Å². The Morgan fingerprint density at radius 1 is 1.29 bits per heavy atom. The minimum absolute atomic E-state index is 0.0151. The van der Waals surface area contributed by atoms with E-state index in [1.165, 1.54) is 0 Å². The monoisotopic (exact) mass is 293 g/mol. The lowest BCUT2D eigenvalue weighted by Gasteiger charge is -2.11. The number of benzene rings is 1. The first kappa shape index (κ1) is 17.1. The van der Waals surface area contributed by atoms with Gasteiger partial charge in [0.2, 0.25) is 5.91 Å². The Kier molecular flexibility index (Phi) is 8.08. The highest BCUT2D eigenvalue weighted by atomic mass is 16.5. The molecule has 21 heavy (non-hydrogen) atoms. The van der Waals surface area contributed by atoms with Crippen molar-refractivity contribution in [1.82, 2.24) is 5.32 Å². The van der Waals surface area contributed by atoms with Crippen molar-refractivity contribution in [3.8, 4) is 0 Å². The third kappa shape index (κ3) is 6.37. The normalized spacial score (nSPS) is 10.2. The highest BCUT2D eigenvalue weighted by Gasteiger charge is 2.12. The van der Waals surface area contributed by atoms with Crippen LogP contribution in [0.3, 0.4) is 0 Å².